The van der Waals surface area contributed by atoms with Crippen LogP contribution < -0.4 is 5.32 Å². The van der Waals surface area contributed by atoms with E-state index in [0.29, 0.717) is 0 Å². The van der Waals surface area contributed by atoms with Crippen molar-refractivity contribution in [3.63, 3.8) is 0 Å². The van der Waals surface area contributed by atoms with Crippen LogP contribution in [0.2, 0.25) is 0 Å². The average molecular weight is 444 g/mol. The SMILES string of the molecule is CC1(C)OC(=O)N(C2CCC(C(=O)Nc3cccc4cccnc34)CC2)[C@H]1c1ccccc1. The molecule has 1 aliphatic heterocycles. The van der Waals surface area contributed by atoms with E-state index in [1.54, 1.807) is 6.20 Å². The van der Waals surface area contributed by atoms with Gasteiger partial charge in [0.25, 0.3) is 0 Å². The zero-order chi connectivity index (χ0) is 23.0. The van der Waals surface area contributed by atoms with E-state index >= 15 is 0 Å². The number of rotatable bonds is 4. The number of amides is 2. The molecule has 2 fully saturated rings. The summed E-state index contributed by atoms with van der Waals surface area (Å²) in [6.07, 6.45) is 4.51. The van der Waals surface area contributed by atoms with Gasteiger partial charge in [-0.3, -0.25) is 14.7 Å². The summed E-state index contributed by atoms with van der Waals surface area (Å²) in [4.78, 5) is 32.3. The zero-order valence-electron chi connectivity index (χ0n) is 19.0. The topological polar surface area (TPSA) is 71.5 Å². The molecule has 1 aromatic heterocycles. The van der Waals surface area contributed by atoms with Crippen LogP contribution in [0, 0.1) is 5.92 Å². The summed E-state index contributed by atoms with van der Waals surface area (Å²) in [7, 11) is 0. The van der Waals surface area contributed by atoms with E-state index in [1.807, 2.05) is 67.3 Å². The predicted molar refractivity (Wildman–Crippen MR) is 128 cm³/mol. The monoisotopic (exact) mass is 443 g/mol. The summed E-state index contributed by atoms with van der Waals surface area (Å²) in [5.41, 5.74) is 2.02. The second-order valence-electron chi connectivity index (χ2n) is 9.57. The standard InChI is InChI=1S/C27H29N3O3/c1-27(2)24(19-8-4-3-5-9-19)30(26(32)33-27)21-15-13-20(14-16-21)25(31)29-22-12-6-10-18-11-7-17-28-23(18)22/h3-12,17,20-21,24H,13-16H2,1-2H3,(H,29,31)/t20?,21?,24-/m0/s1. The minimum absolute atomic E-state index is 0.0236. The van der Waals surface area contributed by atoms with Gasteiger partial charge in [0, 0.05) is 23.5 Å². The molecule has 1 N–H and O–H groups in total. The number of cyclic esters (lactones) is 1. The Kier molecular flexibility index (Phi) is 5.52. The maximum Gasteiger partial charge on any atom is 0.411 e. The highest BCUT2D eigenvalue weighted by Gasteiger charge is 2.51. The van der Waals surface area contributed by atoms with Crippen molar-refractivity contribution in [2.75, 3.05) is 5.32 Å². The van der Waals surface area contributed by atoms with E-state index in [2.05, 4.69) is 22.4 Å². The van der Waals surface area contributed by atoms with Crippen LogP contribution in [0.3, 0.4) is 0 Å². The molecule has 3 aromatic rings. The number of carbonyl (C=O) groups excluding carboxylic acids is 2. The van der Waals surface area contributed by atoms with Crippen LogP contribution in [-0.4, -0.2) is 33.5 Å². The van der Waals surface area contributed by atoms with Gasteiger partial charge < -0.3 is 10.1 Å². The Morgan fingerprint density at radius 2 is 1.73 bits per heavy atom. The molecule has 2 aliphatic rings. The highest BCUT2D eigenvalue weighted by Crippen LogP contribution is 2.45. The third-order valence-corrected chi connectivity index (χ3v) is 6.96. The van der Waals surface area contributed by atoms with Gasteiger partial charge in [-0.2, -0.15) is 0 Å². The Morgan fingerprint density at radius 1 is 1.00 bits per heavy atom. The number of hydrogen-bond donors (Lipinski definition) is 1. The first-order chi connectivity index (χ1) is 15.9. The molecule has 170 valence electrons. The van der Waals surface area contributed by atoms with Crippen LogP contribution in [0.15, 0.2) is 66.9 Å². The molecule has 0 unspecified atom stereocenters. The quantitative estimate of drug-likeness (QED) is 0.561. The molecule has 2 amide bonds. The van der Waals surface area contributed by atoms with Crippen molar-refractivity contribution in [1.29, 1.82) is 0 Å². The lowest BCUT2D eigenvalue weighted by Crippen LogP contribution is -2.43. The van der Waals surface area contributed by atoms with Crippen LogP contribution >= 0.6 is 0 Å². The lowest BCUT2D eigenvalue weighted by molar-refractivity contribution is -0.121. The molecule has 0 bridgehead atoms. The predicted octanol–water partition coefficient (Wildman–Crippen LogP) is 5.70. The van der Waals surface area contributed by atoms with E-state index in [0.717, 1.165) is 47.8 Å². The van der Waals surface area contributed by atoms with Gasteiger partial charge in [0.15, 0.2) is 0 Å². The average Bonchev–Trinajstić information content (AvgIpc) is 3.08. The number of pyridine rings is 1. The number of nitrogens with one attached hydrogen (secondary N) is 1. The molecule has 1 saturated carbocycles. The van der Waals surface area contributed by atoms with E-state index in [1.165, 1.54) is 0 Å². The van der Waals surface area contributed by atoms with Gasteiger partial charge in [-0.05, 0) is 57.2 Å². The maximum absolute atomic E-state index is 13.0. The van der Waals surface area contributed by atoms with Crippen LogP contribution in [-0.2, 0) is 9.53 Å². The summed E-state index contributed by atoms with van der Waals surface area (Å²) < 4.78 is 5.78. The molecule has 6 nitrogen and oxygen atoms in total. The number of anilines is 1. The van der Waals surface area contributed by atoms with E-state index in [4.69, 9.17) is 4.74 Å². The van der Waals surface area contributed by atoms with Crippen molar-refractivity contribution in [3.8, 4) is 0 Å². The van der Waals surface area contributed by atoms with E-state index in [9.17, 15) is 9.59 Å². The van der Waals surface area contributed by atoms with Gasteiger partial charge in [-0.25, -0.2) is 4.79 Å². The van der Waals surface area contributed by atoms with Gasteiger partial charge >= 0.3 is 6.09 Å². The van der Waals surface area contributed by atoms with Crippen LogP contribution in [0.1, 0.15) is 51.1 Å². The molecule has 6 heteroatoms. The second kappa shape index (κ2) is 8.50. The van der Waals surface area contributed by atoms with Crippen molar-refractivity contribution in [2.24, 2.45) is 5.92 Å². The number of fused-ring (bicyclic) bond motifs is 1. The van der Waals surface area contributed by atoms with Gasteiger partial charge in [-0.1, -0.05) is 48.5 Å². The Bertz CT molecular complexity index is 1160. The summed E-state index contributed by atoms with van der Waals surface area (Å²) in [5, 5.41) is 4.09. The number of para-hydroxylation sites is 1. The van der Waals surface area contributed by atoms with Gasteiger partial charge in [0.1, 0.15) is 5.60 Å². The summed E-state index contributed by atoms with van der Waals surface area (Å²) in [5.74, 6) is -0.0578. The Balaban J connectivity index is 1.28. The Hall–Kier alpha value is -3.41. The fourth-order valence-corrected chi connectivity index (χ4v) is 5.39. The second-order valence-corrected chi connectivity index (χ2v) is 9.57. The molecule has 2 heterocycles. The highest BCUT2D eigenvalue weighted by atomic mass is 16.6. The molecule has 2 aromatic carbocycles. The van der Waals surface area contributed by atoms with Crippen molar-refractivity contribution in [3.05, 3.63) is 72.4 Å². The van der Waals surface area contributed by atoms with Gasteiger partial charge in [0.05, 0.1) is 17.2 Å². The van der Waals surface area contributed by atoms with Crippen LogP contribution in [0.25, 0.3) is 10.9 Å². The lowest BCUT2D eigenvalue weighted by atomic mass is 9.82. The minimum atomic E-state index is -0.603. The summed E-state index contributed by atoms with van der Waals surface area (Å²) in [6, 6.07) is 19.7. The number of aromatic nitrogens is 1. The third-order valence-electron chi connectivity index (χ3n) is 6.96. The normalized spacial score (nSPS) is 24.5. The fourth-order valence-electron chi connectivity index (χ4n) is 5.39. The largest absolute Gasteiger partial charge is 0.441 e. The van der Waals surface area contributed by atoms with Crippen molar-refractivity contribution in [1.82, 2.24) is 9.88 Å². The van der Waals surface area contributed by atoms with Gasteiger partial charge in [0.2, 0.25) is 5.91 Å². The number of hydrogen-bond acceptors (Lipinski definition) is 4. The first kappa shape index (κ1) is 21.4. The van der Waals surface area contributed by atoms with Crippen LogP contribution in [0.5, 0.6) is 0 Å². The first-order valence-corrected chi connectivity index (χ1v) is 11.6. The Labute approximate surface area is 194 Å². The maximum atomic E-state index is 13.0. The van der Waals surface area contributed by atoms with Crippen molar-refractivity contribution >= 4 is 28.6 Å². The van der Waals surface area contributed by atoms with E-state index in [-0.39, 0.29) is 30.0 Å². The molecule has 1 aliphatic carbocycles. The summed E-state index contributed by atoms with van der Waals surface area (Å²) in [6.45, 7) is 3.94. The smallest absolute Gasteiger partial charge is 0.411 e. The summed E-state index contributed by atoms with van der Waals surface area (Å²) >= 11 is 0. The van der Waals surface area contributed by atoms with Crippen molar-refractivity contribution in [2.45, 2.75) is 57.2 Å². The molecule has 5 rings (SSSR count). The number of ether oxygens (including phenoxy) is 1. The third kappa shape index (κ3) is 4.06. The minimum Gasteiger partial charge on any atom is -0.441 e. The molecule has 0 radical (unpaired) electrons. The molecule has 33 heavy (non-hydrogen) atoms. The fraction of sp³-hybridized carbons (Fsp3) is 0.370. The Morgan fingerprint density at radius 3 is 2.48 bits per heavy atom. The van der Waals surface area contributed by atoms with E-state index < -0.39 is 5.60 Å². The molecule has 1 atom stereocenters. The molecular formula is C27H29N3O3. The zero-order valence-corrected chi connectivity index (χ0v) is 19.0. The molecular weight excluding hydrogens is 414 g/mol. The lowest BCUT2D eigenvalue weighted by Gasteiger charge is -2.38. The number of carbonyl (C=O) groups is 2. The van der Waals surface area contributed by atoms with Crippen LogP contribution in [0.4, 0.5) is 10.5 Å². The highest BCUT2D eigenvalue weighted by molar-refractivity contribution is 6.01. The first-order valence-electron chi connectivity index (χ1n) is 11.6. The van der Waals surface area contributed by atoms with Gasteiger partial charge in [-0.15, -0.1) is 0 Å². The number of nitrogens with zero attached hydrogens (tertiary/aromatic N) is 2. The molecule has 0 spiro atoms. The molecule has 1 saturated heterocycles. The number of benzene rings is 2. The van der Waals surface area contributed by atoms with Crippen molar-refractivity contribution < 1.29 is 14.3 Å².